The summed E-state index contributed by atoms with van der Waals surface area (Å²) in [6.45, 7) is 12.6. The van der Waals surface area contributed by atoms with Gasteiger partial charge in [-0.25, -0.2) is 0 Å². The highest BCUT2D eigenvalue weighted by atomic mass is 16.3. The van der Waals surface area contributed by atoms with E-state index in [2.05, 4.69) is 34.6 Å². The Kier molecular flexibility index (Phi) is 6.27. The van der Waals surface area contributed by atoms with Gasteiger partial charge in [-0.2, -0.15) is 0 Å². The minimum absolute atomic E-state index is 0.0306. The smallest absolute Gasteiger partial charge is 0.159 e. The van der Waals surface area contributed by atoms with Crippen molar-refractivity contribution in [3.8, 4) is 0 Å². The molecule has 6 nitrogen and oxygen atoms in total. The molecule has 11 atom stereocenters. The highest BCUT2D eigenvalue weighted by Crippen LogP contribution is 2.75. The molecule has 0 spiro atoms. The molecular formula is C31H50O6. The number of aliphatic hydroxyl groups excluding tert-OH is 5. The minimum atomic E-state index is -1.05. The maximum Gasteiger partial charge on any atom is 0.159 e. The van der Waals surface area contributed by atoms with Crippen LogP contribution in [0.1, 0.15) is 92.9 Å². The number of ketones is 1. The van der Waals surface area contributed by atoms with E-state index in [1.54, 1.807) is 0 Å². The predicted octanol–water partition coefficient (Wildman–Crippen LogP) is 3.62. The SMILES string of the molecule is CC1(C)CCC2(CO)C(O)CC3(C)C(=CC(=O)C4C5(C)CCC(O)C(C)(C(O)CO)C5CCC43C)C2C1. The summed E-state index contributed by atoms with van der Waals surface area (Å²) in [4.78, 5) is 14.4. The molecule has 4 fully saturated rings. The quantitative estimate of drug-likeness (QED) is 0.389. The second-order valence-electron chi connectivity index (χ2n) is 15.4. The third-order valence-corrected chi connectivity index (χ3v) is 13.5. The number of allylic oxidation sites excluding steroid dienone is 2. The van der Waals surface area contributed by atoms with Gasteiger partial charge >= 0.3 is 0 Å². The van der Waals surface area contributed by atoms with Gasteiger partial charge in [-0.3, -0.25) is 4.79 Å². The molecule has 0 aromatic heterocycles. The summed E-state index contributed by atoms with van der Waals surface area (Å²) in [5, 5.41) is 54.4. The minimum Gasteiger partial charge on any atom is -0.396 e. The molecule has 5 N–H and O–H groups in total. The molecule has 6 heteroatoms. The molecule has 0 radical (unpaired) electrons. The van der Waals surface area contributed by atoms with Crippen LogP contribution in [0.25, 0.3) is 0 Å². The Morgan fingerprint density at radius 3 is 2.22 bits per heavy atom. The first-order chi connectivity index (χ1) is 17.1. The van der Waals surface area contributed by atoms with Crippen LogP contribution in [0.5, 0.6) is 0 Å². The van der Waals surface area contributed by atoms with E-state index in [-0.39, 0.29) is 35.6 Å². The van der Waals surface area contributed by atoms with Crippen molar-refractivity contribution in [1.82, 2.24) is 0 Å². The standard InChI is InChI=1S/C31H50O6/c1-26(2)11-12-31(17-33)19(14-26)18-13-20(34)25-27(3)9-8-22(35)30(6,24(37)16-32)21(27)7-10-28(25,4)29(18,5)15-23(31)36/h13,19,21-25,32-33,35-37H,7-12,14-17H2,1-6H3. The Morgan fingerprint density at radius 1 is 0.919 bits per heavy atom. The summed E-state index contributed by atoms with van der Waals surface area (Å²) in [6.07, 6.45) is 5.29. The van der Waals surface area contributed by atoms with E-state index in [1.807, 2.05) is 13.0 Å². The topological polar surface area (TPSA) is 118 Å². The number of carbonyl (C=O) groups excluding carboxylic acids is 1. The summed E-state index contributed by atoms with van der Waals surface area (Å²) in [5.41, 5.74) is -1.49. The molecule has 0 bridgehead atoms. The van der Waals surface area contributed by atoms with Gasteiger partial charge < -0.3 is 25.5 Å². The number of aliphatic hydroxyl groups is 5. The van der Waals surface area contributed by atoms with Gasteiger partial charge in [0.05, 0.1) is 31.5 Å². The lowest BCUT2D eigenvalue weighted by Crippen LogP contribution is -2.70. The van der Waals surface area contributed by atoms with Gasteiger partial charge in [0.15, 0.2) is 5.78 Å². The molecule has 0 aromatic rings. The second-order valence-corrected chi connectivity index (χ2v) is 15.4. The highest BCUT2D eigenvalue weighted by molar-refractivity contribution is 5.95. The monoisotopic (exact) mass is 518 g/mol. The highest BCUT2D eigenvalue weighted by Gasteiger charge is 2.72. The van der Waals surface area contributed by atoms with Crippen molar-refractivity contribution < 1.29 is 30.3 Å². The van der Waals surface area contributed by atoms with Gasteiger partial charge in [-0.1, -0.05) is 47.1 Å². The average molecular weight is 519 g/mol. The third kappa shape index (κ3) is 3.32. The molecule has 0 saturated heterocycles. The van der Waals surface area contributed by atoms with Crippen molar-refractivity contribution in [3.63, 3.8) is 0 Å². The first-order valence-electron chi connectivity index (χ1n) is 14.6. The summed E-state index contributed by atoms with van der Waals surface area (Å²) < 4.78 is 0. The zero-order valence-electron chi connectivity index (χ0n) is 23.8. The lowest BCUT2D eigenvalue weighted by molar-refractivity contribution is -0.237. The lowest BCUT2D eigenvalue weighted by atomic mass is 9.32. The normalized spacial score (nSPS) is 53.8. The lowest BCUT2D eigenvalue weighted by Gasteiger charge is -2.71. The van der Waals surface area contributed by atoms with Crippen LogP contribution in [0.3, 0.4) is 0 Å². The third-order valence-electron chi connectivity index (χ3n) is 13.5. The van der Waals surface area contributed by atoms with E-state index in [9.17, 15) is 30.3 Å². The van der Waals surface area contributed by atoms with Crippen LogP contribution in [0.15, 0.2) is 11.6 Å². The first kappa shape index (κ1) is 27.8. The number of rotatable bonds is 3. The fourth-order valence-corrected chi connectivity index (χ4v) is 10.9. The van der Waals surface area contributed by atoms with Crippen LogP contribution in [0, 0.1) is 50.2 Å². The van der Waals surface area contributed by atoms with Crippen LogP contribution < -0.4 is 0 Å². The van der Waals surface area contributed by atoms with Crippen molar-refractivity contribution in [2.45, 2.75) is 111 Å². The first-order valence-corrected chi connectivity index (χ1v) is 14.6. The van der Waals surface area contributed by atoms with Crippen molar-refractivity contribution in [2.75, 3.05) is 13.2 Å². The molecule has 210 valence electrons. The van der Waals surface area contributed by atoms with Crippen molar-refractivity contribution in [1.29, 1.82) is 0 Å². The molecule has 0 heterocycles. The Bertz CT molecular complexity index is 984. The van der Waals surface area contributed by atoms with Crippen LogP contribution in [0.2, 0.25) is 0 Å². The number of hydrogen-bond donors (Lipinski definition) is 5. The predicted molar refractivity (Wildman–Crippen MR) is 141 cm³/mol. The molecule has 5 aliphatic carbocycles. The van der Waals surface area contributed by atoms with E-state index >= 15 is 0 Å². The molecule has 0 aliphatic heterocycles. The van der Waals surface area contributed by atoms with Crippen molar-refractivity contribution in [2.24, 2.45) is 50.2 Å². The van der Waals surface area contributed by atoms with Gasteiger partial charge in [-0.15, -0.1) is 0 Å². The van der Waals surface area contributed by atoms with Crippen LogP contribution in [0.4, 0.5) is 0 Å². The van der Waals surface area contributed by atoms with Gasteiger partial charge in [0.1, 0.15) is 0 Å². The zero-order chi connectivity index (χ0) is 27.4. The number of carbonyl (C=O) groups is 1. The van der Waals surface area contributed by atoms with Crippen LogP contribution in [-0.2, 0) is 4.79 Å². The van der Waals surface area contributed by atoms with Gasteiger partial charge in [0.25, 0.3) is 0 Å². The fraction of sp³-hybridized carbons (Fsp3) is 0.903. The Labute approximate surface area is 222 Å². The molecule has 5 rings (SSSR count). The summed E-state index contributed by atoms with van der Waals surface area (Å²) in [5.74, 6) is -0.302. The van der Waals surface area contributed by atoms with E-state index < -0.39 is 52.0 Å². The molecule has 37 heavy (non-hydrogen) atoms. The van der Waals surface area contributed by atoms with Crippen LogP contribution >= 0.6 is 0 Å². The molecule has 0 amide bonds. The molecule has 5 aliphatic rings. The van der Waals surface area contributed by atoms with Crippen molar-refractivity contribution in [3.05, 3.63) is 11.6 Å². The van der Waals surface area contributed by atoms with E-state index in [4.69, 9.17) is 0 Å². The zero-order valence-corrected chi connectivity index (χ0v) is 23.8. The summed E-state index contributed by atoms with van der Waals surface area (Å²) in [7, 11) is 0. The Balaban J connectivity index is 1.65. The molecular weight excluding hydrogens is 468 g/mol. The van der Waals surface area contributed by atoms with Crippen molar-refractivity contribution >= 4 is 5.78 Å². The van der Waals surface area contributed by atoms with Gasteiger partial charge in [0, 0.05) is 16.7 Å². The van der Waals surface area contributed by atoms with Gasteiger partial charge in [0.2, 0.25) is 0 Å². The molecule has 0 aromatic carbocycles. The fourth-order valence-electron chi connectivity index (χ4n) is 10.9. The van der Waals surface area contributed by atoms with E-state index in [0.29, 0.717) is 19.3 Å². The largest absolute Gasteiger partial charge is 0.396 e. The maximum atomic E-state index is 14.4. The summed E-state index contributed by atoms with van der Waals surface area (Å²) in [6, 6.07) is 0. The molecule has 11 unspecified atom stereocenters. The second kappa shape index (κ2) is 8.36. The van der Waals surface area contributed by atoms with Gasteiger partial charge in [-0.05, 0) is 90.9 Å². The van der Waals surface area contributed by atoms with Crippen LogP contribution in [-0.4, -0.2) is 62.8 Å². The maximum absolute atomic E-state index is 14.4. The Morgan fingerprint density at radius 2 is 1.59 bits per heavy atom. The average Bonchev–Trinajstić information content (AvgIpc) is 2.82. The number of hydrogen-bond acceptors (Lipinski definition) is 6. The van der Waals surface area contributed by atoms with E-state index in [0.717, 1.165) is 37.7 Å². The number of fused-ring (bicyclic) bond motifs is 7. The Hall–Kier alpha value is -0.790. The summed E-state index contributed by atoms with van der Waals surface area (Å²) >= 11 is 0. The van der Waals surface area contributed by atoms with E-state index in [1.165, 1.54) is 0 Å². The molecule has 4 saturated carbocycles.